The second-order valence-electron chi connectivity index (χ2n) is 3.31. The number of methoxy groups -OCH3 is 1. The lowest BCUT2D eigenvalue weighted by atomic mass is 10.1. The van der Waals surface area contributed by atoms with Crippen molar-refractivity contribution in [2.24, 2.45) is 0 Å². The zero-order valence-corrected chi connectivity index (χ0v) is 8.61. The van der Waals surface area contributed by atoms with Gasteiger partial charge in [-0.15, -0.1) is 0 Å². The molecule has 0 aliphatic carbocycles. The minimum atomic E-state index is 0.549. The van der Waals surface area contributed by atoms with Gasteiger partial charge < -0.3 is 4.74 Å². The van der Waals surface area contributed by atoms with E-state index in [1.165, 1.54) is 0 Å². The van der Waals surface area contributed by atoms with Crippen LogP contribution in [0.1, 0.15) is 11.3 Å². The van der Waals surface area contributed by atoms with Crippen LogP contribution in [0.5, 0.6) is 5.75 Å². The molecule has 0 aliphatic rings. The van der Waals surface area contributed by atoms with Gasteiger partial charge >= 0.3 is 0 Å². The Balaban J connectivity index is 2.82. The first-order chi connectivity index (χ1) is 7.24. The molecule has 0 N–H and O–H groups in total. The highest BCUT2D eigenvalue weighted by molar-refractivity contribution is 5.85. The number of aromatic nitrogens is 1. The normalized spacial score (nSPS) is 9.93. The average molecular weight is 198 g/mol. The van der Waals surface area contributed by atoms with Crippen molar-refractivity contribution in [3.05, 3.63) is 35.5 Å². The van der Waals surface area contributed by atoms with Gasteiger partial charge in [-0.1, -0.05) is 6.07 Å². The van der Waals surface area contributed by atoms with Crippen molar-refractivity contribution in [1.82, 2.24) is 4.98 Å². The Morgan fingerprint density at radius 1 is 1.33 bits per heavy atom. The molecule has 0 saturated carbocycles. The Bertz CT molecular complexity index is 555. The van der Waals surface area contributed by atoms with E-state index in [-0.39, 0.29) is 0 Å². The lowest BCUT2D eigenvalue weighted by Crippen LogP contribution is -1.90. The highest BCUT2D eigenvalue weighted by Gasteiger charge is 2.05. The summed E-state index contributed by atoms with van der Waals surface area (Å²) >= 11 is 0. The molecular weight excluding hydrogens is 188 g/mol. The van der Waals surface area contributed by atoms with Crippen molar-refractivity contribution >= 4 is 10.9 Å². The molecule has 0 aliphatic heterocycles. The van der Waals surface area contributed by atoms with Crippen molar-refractivity contribution in [2.75, 3.05) is 7.11 Å². The number of hydrogen-bond donors (Lipinski definition) is 0. The van der Waals surface area contributed by atoms with Gasteiger partial charge in [0.05, 0.1) is 18.2 Å². The zero-order chi connectivity index (χ0) is 10.8. The molecule has 1 heterocycles. The van der Waals surface area contributed by atoms with E-state index in [9.17, 15) is 0 Å². The van der Waals surface area contributed by atoms with E-state index >= 15 is 0 Å². The number of rotatable bonds is 1. The standard InChI is InChI=1S/C12H10N2O/c1-8-3-4-9-5-11(15-2)6-10(7-13)12(9)14-8/h3-6H,1-2H3. The molecule has 0 unspecified atom stereocenters. The van der Waals surface area contributed by atoms with E-state index in [0.717, 1.165) is 16.6 Å². The largest absolute Gasteiger partial charge is 0.497 e. The van der Waals surface area contributed by atoms with Gasteiger partial charge in [0.15, 0.2) is 0 Å². The Kier molecular flexibility index (Phi) is 2.26. The topological polar surface area (TPSA) is 45.9 Å². The zero-order valence-electron chi connectivity index (χ0n) is 8.61. The van der Waals surface area contributed by atoms with Crippen LogP contribution in [0.15, 0.2) is 24.3 Å². The van der Waals surface area contributed by atoms with E-state index in [2.05, 4.69) is 11.1 Å². The molecule has 3 nitrogen and oxygen atoms in total. The number of ether oxygens (including phenoxy) is 1. The number of fused-ring (bicyclic) bond motifs is 1. The monoisotopic (exact) mass is 198 g/mol. The summed E-state index contributed by atoms with van der Waals surface area (Å²) < 4.78 is 5.12. The summed E-state index contributed by atoms with van der Waals surface area (Å²) in [5.41, 5.74) is 2.19. The molecule has 0 atom stereocenters. The Hall–Kier alpha value is -2.08. The summed E-state index contributed by atoms with van der Waals surface area (Å²) in [6.07, 6.45) is 0. The van der Waals surface area contributed by atoms with E-state index in [0.29, 0.717) is 11.3 Å². The van der Waals surface area contributed by atoms with Crippen molar-refractivity contribution in [2.45, 2.75) is 6.92 Å². The van der Waals surface area contributed by atoms with Crippen LogP contribution in [0, 0.1) is 18.3 Å². The molecule has 15 heavy (non-hydrogen) atoms. The third-order valence-electron chi connectivity index (χ3n) is 2.26. The number of nitrogens with zero attached hydrogens (tertiary/aromatic N) is 2. The summed E-state index contributed by atoms with van der Waals surface area (Å²) in [6, 6.07) is 9.58. The molecule has 0 spiro atoms. The van der Waals surface area contributed by atoms with Gasteiger partial charge in [0.1, 0.15) is 11.8 Å². The first-order valence-corrected chi connectivity index (χ1v) is 4.60. The van der Waals surface area contributed by atoms with Crippen LogP contribution in [-0.2, 0) is 0 Å². The number of aryl methyl sites for hydroxylation is 1. The predicted octanol–water partition coefficient (Wildman–Crippen LogP) is 2.42. The van der Waals surface area contributed by atoms with E-state index in [1.807, 2.05) is 25.1 Å². The predicted molar refractivity (Wildman–Crippen MR) is 57.7 cm³/mol. The Labute approximate surface area is 87.9 Å². The molecule has 2 aromatic rings. The number of pyridine rings is 1. The van der Waals surface area contributed by atoms with Gasteiger partial charge in [0.25, 0.3) is 0 Å². The quantitative estimate of drug-likeness (QED) is 0.706. The SMILES string of the molecule is COc1cc(C#N)c2nc(C)ccc2c1. The van der Waals surface area contributed by atoms with Gasteiger partial charge in [0.2, 0.25) is 0 Å². The smallest absolute Gasteiger partial charge is 0.120 e. The van der Waals surface area contributed by atoms with Gasteiger partial charge in [-0.05, 0) is 19.1 Å². The van der Waals surface area contributed by atoms with Gasteiger partial charge in [-0.2, -0.15) is 5.26 Å². The molecule has 2 rings (SSSR count). The second-order valence-corrected chi connectivity index (χ2v) is 3.31. The van der Waals surface area contributed by atoms with E-state index < -0.39 is 0 Å². The van der Waals surface area contributed by atoms with Crippen LogP contribution >= 0.6 is 0 Å². The summed E-state index contributed by atoms with van der Waals surface area (Å²) in [5, 5.41) is 9.93. The van der Waals surface area contributed by atoms with Gasteiger partial charge in [-0.3, -0.25) is 4.98 Å². The van der Waals surface area contributed by atoms with Crippen LogP contribution < -0.4 is 4.74 Å². The van der Waals surface area contributed by atoms with Crippen LogP contribution in [0.2, 0.25) is 0 Å². The summed E-state index contributed by atoms with van der Waals surface area (Å²) in [5.74, 6) is 0.685. The van der Waals surface area contributed by atoms with Crippen molar-refractivity contribution in [1.29, 1.82) is 5.26 Å². The third-order valence-corrected chi connectivity index (χ3v) is 2.26. The number of hydrogen-bond acceptors (Lipinski definition) is 3. The fourth-order valence-electron chi connectivity index (χ4n) is 1.51. The molecule has 0 saturated heterocycles. The maximum absolute atomic E-state index is 9.00. The minimum Gasteiger partial charge on any atom is -0.497 e. The van der Waals surface area contributed by atoms with Crippen LogP contribution in [0.3, 0.4) is 0 Å². The molecule has 0 bridgehead atoms. The lowest BCUT2D eigenvalue weighted by Gasteiger charge is -2.04. The summed E-state index contributed by atoms with van der Waals surface area (Å²) in [4.78, 5) is 4.34. The fraction of sp³-hybridized carbons (Fsp3) is 0.167. The molecule has 1 aromatic carbocycles. The van der Waals surface area contributed by atoms with Crippen molar-refractivity contribution in [3.8, 4) is 11.8 Å². The molecule has 74 valence electrons. The average Bonchev–Trinajstić information content (AvgIpc) is 2.27. The molecule has 0 radical (unpaired) electrons. The van der Waals surface area contributed by atoms with Gasteiger partial charge in [0, 0.05) is 17.1 Å². The first kappa shape index (κ1) is 9.47. The van der Waals surface area contributed by atoms with E-state index in [1.54, 1.807) is 13.2 Å². The maximum atomic E-state index is 9.00. The molecular formula is C12H10N2O. The molecule has 3 heteroatoms. The number of benzene rings is 1. The molecule has 0 amide bonds. The first-order valence-electron chi connectivity index (χ1n) is 4.60. The second kappa shape index (κ2) is 3.58. The Morgan fingerprint density at radius 2 is 2.13 bits per heavy atom. The number of nitriles is 1. The highest BCUT2D eigenvalue weighted by Crippen LogP contribution is 2.23. The van der Waals surface area contributed by atoms with E-state index in [4.69, 9.17) is 10.00 Å². The van der Waals surface area contributed by atoms with Crippen LogP contribution in [0.4, 0.5) is 0 Å². The van der Waals surface area contributed by atoms with Crippen LogP contribution in [0.25, 0.3) is 10.9 Å². The van der Waals surface area contributed by atoms with Crippen molar-refractivity contribution in [3.63, 3.8) is 0 Å². The minimum absolute atomic E-state index is 0.549. The lowest BCUT2D eigenvalue weighted by molar-refractivity contribution is 0.415. The fourth-order valence-corrected chi connectivity index (χ4v) is 1.51. The maximum Gasteiger partial charge on any atom is 0.120 e. The summed E-state index contributed by atoms with van der Waals surface area (Å²) in [7, 11) is 1.59. The van der Waals surface area contributed by atoms with Crippen LogP contribution in [-0.4, -0.2) is 12.1 Å². The third kappa shape index (κ3) is 1.62. The molecule has 0 fully saturated rings. The van der Waals surface area contributed by atoms with Gasteiger partial charge in [-0.25, -0.2) is 0 Å². The highest BCUT2D eigenvalue weighted by atomic mass is 16.5. The molecule has 1 aromatic heterocycles. The summed E-state index contributed by atoms with van der Waals surface area (Å²) in [6.45, 7) is 1.91. The Morgan fingerprint density at radius 3 is 2.80 bits per heavy atom. The van der Waals surface area contributed by atoms with Crippen molar-refractivity contribution < 1.29 is 4.74 Å².